The van der Waals surface area contributed by atoms with Crippen LogP contribution in [0.4, 0.5) is 0 Å². The molecule has 0 aromatic carbocycles. The molecule has 14 heavy (non-hydrogen) atoms. The lowest BCUT2D eigenvalue weighted by Gasteiger charge is -2.15. The standard InChI is InChI=1S/C9H11BrO4/c1-2-13-9(12)8(10)6-4-3-5-7(11)14-6/h2-5H2,1H3/b8-6+. The number of esters is 2. The molecular weight excluding hydrogens is 252 g/mol. The van der Waals surface area contributed by atoms with E-state index in [-0.39, 0.29) is 10.5 Å². The van der Waals surface area contributed by atoms with E-state index in [1.165, 1.54) is 0 Å². The SMILES string of the molecule is CCOC(=O)/C(Br)=C1/CCCC(=O)O1. The Labute approximate surface area is 90.4 Å². The van der Waals surface area contributed by atoms with Crippen molar-refractivity contribution >= 4 is 27.9 Å². The molecule has 0 aliphatic carbocycles. The second-order valence-electron chi connectivity index (χ2n) is 2.79. The molecule has 1 saturated heterocycles. The first-order chi connectivity index (χ1) is 6.65. The molecule has 0 bridgehead atoms. The number of rotatable bonds is 2. The van der Waals surface area contributed by atoms with Gasteiger partial charge in [-0.25, -0.2) is 4.79 Å². The number of carbonyl (C=O) groups excluding carboxylic acids is 2. The van der Waals surface area contributed by atoms with E-state index >= 15 is 0 Å². The average Bonchev–Trinajstić information content (AvgIpc) is 2.17. The molecule has 0 amide bonds. The smallest absolute Gasteiger partial charge is 0.348 e. The van der Waals surface area contributed by atoms with Gasteiger partial charge in [0.2, 0.25) is 0 Å². The van der Waals surface area contributed by atoms with Crippen molar-refractivity contribution in [2.45, 2.75) is 26.2 Å². The van der Waals surface area contributed by atoms with Gasteiger partial charge in [0.25, 0.3) is 0 Å². The van der Waals surface area contributed by atoms with E-state index in [9.17, 15) is 9.59 Å². The monoisotopic (exact) mass is 262 g/mol. The van der Waals surface area contributed by atoms with Crippen molar-refractivity contribution in [2.24, 2.45) is 0 Å². The van der Waals surface area contributed by atoms with Crippen LogP contribution in [0.25, 0.3) is 0 Å². The van der Waals surface area contributed by atoms with Gasteiger partial charge in [0.15, 0.2) is 0 Å². The van der Waals surface area contributed by atoms with Gasteiger partial charge in [0.05, 0.1) is 6.61 Å². The minimum atomic E-state index is -0.489. The summed E-state index contributed by atoms with van der Waals surface area (Å²) in [7, 11) is 0. The Hall–Kier alpha value is -0.840. The second kappa shape index (κ2) is 5.14. The van der Waals surface area contributed by atoms with Crippen molar-refractivity contribution in [3.8, 4) is 0 Å². The minimum Gasteiger partial charge on any atom is -0.462 e. The first-order valence-corrected chi connectivity index (χ1v) is 5.21. The number of ether oxygens (including phenoxy) is 2. The summed E-state index contributed by atoms with van der Waals surface area (Å²) in [5, 5.41) is 0. The molecule has 0 aromatic rings. The van der Waals surface area contributed by atoms with Gasteiger partial charge in [0.1, 0.15) is 10.2 Å². The third-order valence-corrected chi connectivity index (χ3v) is 2.49. The number of hydrogen-bond donors (Lipinski definition) is 0. The van der Waals surface area contributed by atoms with Gasteiger partial charge in [-0.05, 0) is 29.3 Å². The molecule has 0 aromatic heterocycles. The average molecular weight is 263 g/mol. The van der Waals surface area contributed by atoms with Crippen molar-refractivity contribution in [1.82, 2.24) is 0 Å². The lowest BCUT2D eigenvalue weighted by atomic mass is 10.1. The third kappa shape index (κ3) is 2.83. The maximum atomic E-state index is 11.2. The molecule has 0 unspecified atom stereocenters. The number of carbonyl (C=O) groups is 2. The molecular formula is C9H11BrO4. The van der Waals surface area contributed by atoms with Gasteiger partial charge < -0.3 is 9.47 Å². The Morgan fingerprint density at radius 2 is 2.29 bits per heavy atom. The maximum Gasteiger partial charge on any atom is 0.348 e. The fourth-order valence-corrected chi connectivity index (χ4v) is 1.49. The molecule has 0 radical (unpaired) electrons. The van der Waals surface area contributed by atoms with Crippen LogP contribution in [0.2, 0.25) is 0 Å². The summed E-state index contributed by atoms with van der Waals surface area (Å²) in [5.41, 5.74) is 0. The fourth-order valence-electron chi connectivity index (χ4n) is 1.10. The fraction of sp³-hybridized carbons (Fsp3) is 0.556. The minimum absolute atomic E-state index is 0.215. The molecule has 0 spiro atoms. The van der Waals surface area contributed by atoms with E-state index in [0.717, 1.165) is 0 Å². The van der Waals surface area contributed by atoms with Crippen molar-refractivity contribution in [3.63, 3.8) is 0 Å². The van der Waals surface area contributed by atoms with Crippen molar-refractivity contribution in [3.05, 3.63) is 10.2 Å². The van der Waals surface area contributed by atoms with E-state index in [2.05, 4.69) is 15.9 Å². The molecule has 1 rings (SSSR count). The molecule has 5 heteroatoms. The normalized spacial score (nSPS) is 20.0. The number of halogens is 1. The van der Waals surface area contributed by atoms with Gasteiger partial charge in [-0.15, -0.1) is 0 Å². The highest BCUT2D eigenvalue weighted by atomic mass is 79.9. The van der Waals surface area contributed by atoms with Crippen LogP contribution in [0.3, 0.4) is 0 Å². The summed E-state index contributed by atoms with van der Waals surface area (Å²) in [4.78, 5) is 22.2. The van der Waals surface area contributed by atoms with Crippen LogP contribution in [-0.4, -0.2) is 18.5 Å². The van der Waals surface area contributed by atoms with E-state index in [4.69, 9.17) is 9.47 Å². The van der Waals surface area contributed by atoms with Crippen LogP contribution in [0.15, 0.2) is 10.2 Å². The highest BCUT2D eigenvalue weighted by Gasteiger charge is 2.21. The zero-order valence-electron chi connectivity index (χ0n) is 7.84. The predicted octanol–water partition coefficient (Wildman–Crippen LogP) is 1.88. The Kier molecular flexibility index (Phi) is 4.13. The van der Waals surface area contributed by atoms with Crippen LogP contribution in [-0.2, 0) is 19.1 Å². The van der Waals surface area contributed by atoms with Crippen LogP contribution >= 0.6 is 15.9 Å². The highest BCUT2D eigenvalue weighted by molar-refractivity contribution is 9.12. The van der Waals surface area contributed by atoms with Crippen LogP contribution in [0.1, 0.15) is 26.2 Å². The van der Waals surface area contributed by atoms with Gasteiger partial charge in [-0.3, -0.25) is 4.79 Å². The largest absolute Gasteiger partial charge is 0.462 e. The molecule has 4 nitrogen and oxygen atoms in total. The van der Waals surface area contributed by atoms with E-state index < -0.39 is 5.97 Å². The van der Waals surface area contributed by atoms with Crippen molar-refractivity contribution in [2.75, 3.05) is 6.61 Å². The predicted molar refractivity (Wildman–Crippen MR) is 52.5 cm³/mol. The summed E-state index contributed by atoms with van der Waals surface area (Å²) in [5.74, 6) is -0.413. The zero-order chi connectivity index (χ0) is 10.6. The Morgan fingerprint density at radius 3 is 2.86 bits per heavy atom. The molecule has 1 aliphatic heterocycles. The number of cyclic esters (lactones) is 1. The quantitative estimate of drug-likeness (QED) is 0.563. The maximum absolute atomic E-state index is 11.2. The summed E-state index contributed by atoms with van der Waals surface area (Å²) in [6.07, 6.45) is 1.71. The first-order valence-electron chi connectivity index (χ1n) is 4.41. The topological polar surface area (TPSA) is 52.6 Å². The summed E-state index contributed by atoms with van der Waals surface area (Å²) >= 11 is 3.06. The first kappa shape index (κ1) is 11.2. The summed E-state index contributed by atoms with van der Waals surface area (Å²) in [6.45, 7) is 2.02. The van der Waals surface area contributed by atoms with Gasteiger partial charge >= 0.3 is 11.9 Å². The van der Waals surface area contributed by atoms with E-state index in [1.54, 1.807) is 6.92 Å². The molecule has 1 aliphatic rings. The zero-order valence-corrected chi connectivity index (χ0v) is 9.43. The van der Waals surface area contributed by atoms with Gasteiger partial charge in [-0.2, -0.15) is 0 Å². The molecule has 0 saturated carbocycles. The van der Waals surface area contributed by atoms with Crippen molar-refractivity contribution in [1.29, 1.82) is 0 Å². The Balaban J connectivity index is 2.71. The molecule has 78 valence electrons. The molecule has 0 atom stereocenters. The summed E-state index contributed by atoms with van der Waals surface area (Å²) in [6, 6.07) is 0. The summed E-state index contributed by atoms with van der Waals surface area (Å²) < 4.78 is 9.88. The second-order valence-corrected chi connectivity index (χ2v) is 3.58. The lowest BCUT2D eigenvalue weighted by molar-refractivity contribution is -0.142. The van der Waals surface area contributed by atoms with Crippen LogP contribution in [0, 0.1) is 0 Å². The van der Waals surface area contributed by atoms with Crippen LogP contribution < -0.4 is 0 Å². The van der Waals surface area contributed by atoms with Crippen molar-refractivity contribution < 1.29 is 19.1 Å². The third-order valence-electron chi connectivity index (χ3n) is 1.72. The Bertz CT molecular complexity index is 283. The highest BCUT2D eigenvalue weighted by Crippen LogP contribution is 2.24. The van der Waals surface area contributed by atoms with Gasteiger partial charge in [0, 0.05) is 12.8 Å². The van der Waals surface area contributed by atoms with E-state index in [0.29, 0.717) is 31.6 Å². The molecule has 1 heterocycles. The van der Waals surface area contributed by atoms with Gasteiger partial charge in [-0.1, -0.05) is 0 Å². The molecule has 0 N–H and O–H groups in total. The van der Waals surface area contributed by atoms with E-state index in [1.807, 2.05) is 0 Å². The Morgan fingerprint density at radius 1 is 1.57 bits per heavy atom. The number of hydrogen-bond acceptors (Lipinski definition) is 4. The van der Waals surface area contributed by atoms with Crippen LogP contribution in [0.5, 0.6) is 0 Å². The lowest BCUT2D eigenvalue weighted by Crippen LogP contribution is -2.14. The number of allylic oxidation sites excluding steroid dienone is 1. The molecule has 1 fully saturated rings.